The molecule has 25 heavy (non-hydrogen) atoms. The Labute approximate surface area is 177 Å². The largest absolute Gasteiger partial charge is 0.487 e. The predicted octanol–water partition coefficient (Wildman–Crippen LogP) is 6.11. The second-order valence-corrected chi connectivity index (χ2v) is 8.73. The third-order valence-electron chi connectivity index (χ3n) is 3.74. The number of nitro groups is 1. The number of hydrogen-bond acceptors (Lipinski definition) is 4. The van der Waals surface area contributed by atoms with Crippen LogP contribution in [0.2, 0.25) is 0 Å². The van der Waals surface area contributed by atoms with Crippen molar-refractivity contribution in [2.45, 2.75) is 52.6 Å². The minimum atomic E-state index is -0.387. The third kappa shape index (κ3) is 8.21. The van der Waals surface area contributed by atoms with Crippen LogP contribution in [0.5, 0.6) is 5.75 Å². The molecule has 0 saturated heterocycles. The van der Waals surface area contributed by atoms with Crippen molar-refractivity contribution in [3.05, 3.63) is 41.0 Å². The number of non-ortho nitro benzene ring substituents is 1. The summed E-state index contributed by atoms with van der Waals surface area (Å²) in [5, 5.41) is 10.9. The van der Waals surface area contributed by atoms with E-state index in [1.54, 1.807) is 0 Å². The molecule has 0 bridgehead atoms. The van der Waals surface area contributed by atoms with Crippen LogP contribution in [0.15, 0.2) is 23.8 Å². The molecular weight excluding hydrogens is 548 g/mol. The molecule has 0 aliphatic carbocycles. The number of benzene rings is 1. The number of hydrogen-bond donors (Lipinski definition) is 0. The van der Waals surface area contributed by atoms with Crippen LogP contribution in [0, 0.1) is 17.3 Å². The van der Waals surface area contributed by atoms with Crippen LogP contribution in [0.4, 0.5) is 5.69 Å². The fourth-order valence-corrected chi connectivity index (χ4v) is 4.46. The van der Waals surface area contributed by atoms with Crippen molar-refractivity contribution in [1.82, 2.24) is 0 Å². The Balaban J connectivity index is 2.53. The van der Waals surface area contributed by atoms with Gasteiger partial charge >= 0.3 is 0 Å². The molecule has 0 unspecified atom stereocenters. The van der Waals surface area contributed by atoms with Gasteiger partial charge in [-0.1, -0.05) is 5.57 Å². The lowest BCUT2D eigenvalue weighted by molar-refractivity contribution is -0.385. The van der Waals surface area contributed by atoms with Crippen LogP contribution >= 0.6 is 45.2 Å². The van der Waals surface area contributed by atoms with Crippen LogP contribution in [0.1, 0.15) is 47.0 Å². The number of ether oxygens (including phenoxy) is 2. The van der Waals surface area contributed by atoms with Gasteiger partial charge in [-0.05, 0) is 98.2 Å². The van der Waals surface area contributed by atoms with E-state index in [9.17, 15) is 10.1 Å². The molecule has 0 aliphatic rings. The third-order valence-corrected chi connectivity index (χ3v) is 5.34. The smallest absolute Gasteiger partial charge is 0.271 e. The SMILES string of the molecule is CCOC(C)(C)CCC/C(C)=C/COc1c(I)cc([N+](=O)[O-])cc1I. The molecule has 1 aromatic rings. The summed E-state index contributed by atoms with van der Waals surface area (Å²) in [6.45, 7) is 9.56. The van der Waals surface area contributed by atoms with Gasteiger partial charge in [-0.25, -0.2) is 0 Å². The van der Waals surface area contributed by atoms with E-state index in [-0.39, 0.29) is 16.2 Å². The van der Waals surface area contributed by atoms with E-state index < -0.39 is 0 Å². The summed E-state index contributed by atoms with van der Waals surface area (Å²) in [5.41, 5.74) is 1.29. The molecule has 0 aliphatic heterocycles. The van der Waals surface area contributed by atoms with Crippen LogP contribution in [0.25, 0.3) is 0 Å². The van der Waals surface area contributed by atoms with Crippen LogP contribution in [-0.2, 0) is 4.74 Å². The maximum atomic E-state index is 10.9. The molecular formula is C18H25I2NO4. The van der Waals surface area contributed by atoms with Gasteiger partial charge in [0.05, 0.1) is 17.7 Å². The standard InChI is InChI=1S/C18H25I2NO4/c1-5-25-18(3,4)9-6-7-13(2)8-10-24-17-15(19)11-14(21(22)23)12-16(17)20/h8,11-12H,5-7,9-10H2,1-4H3/b13-8+. The van der Waals surface area contributed by atoms with Crippen molar-refractivity contribution >= 4 is 50.9 Å². The summed E-state index contributed by atoms with van der Waals surface area (Å²) < 4.78 is 13.0. The highest BCUT2D eigenvalue weighted by Crippen LogP contribution is 2.31. The molecule has 140 valence electrons. The molecule has 0 aromatic heterocycles. The zero-order valence-electron chi connectivity index (χ0n) is 15.1. The molecule has 7 heteroatoms. The van der Waals surface area contributed by atoms with Gasteiger partial charge in [0, 0.05) is 18.7 Å². The summed E-state index contributed by atoms with van der Waals surface area (Å²) in [7, 11) is 0. The van der Waals surface area contributed by atoms with Crippen molar-refractivity contribution in [3.8, 4) is 5.75 Å². The Morgan fingerprint density at radius 1 is 1.32 bits per heavy atom. The molecule has 5 nitrogen and oxygen atoms in total. The summed E-state index contributed by atoms with van der Waals surface area (Å²) in [6.07, 6.45) is 5.17. The van der Waals surface area contributed by atoms with Crippen molar-refractivity contribution < 1.29 is 14.4 Å². The first-order valence-corrected chi connectivity index (χ1v) is 10.4. The molecule has 1 rings (SSSR count). The van der Waals surface area contributed by atoms with Crippen LogP contribution in [0.3, 0.4) is 0 Å². The second kappa shape index (κ2) is 10.7. The Bertz CT molecular complexity index is 606. The molecule has 0 saturated carbocycles. The predicted molar refractivity (Wildman–Crippen MR) is 117 cm³/mol. The first-order chi connectivity index (χ1) is 11.7. The number of nitro benzene ring substituents is 1. The molecule has 0 radical (unpaired) electrons. The summed E-state index contributed by atoms with van der Waals surface area (Å²) >= 11 is 4.14. The van der Waals surface area contributed by atoms with Gasteiger partial charge in [0.2, 0.25) is 0 Å². The molecule has 0 fully saturated rings. The lowest BCUT2D eigenvalue weighted by Gasteiger charge is -2.24. The zero-order chi connectivity index (χ0) is 19.0. The van der Waals surface area contributed by atoms with Crippen molar-refractivity contribution in [2.75, 3.05) is 13.2 Å². The Kier molecular flexibility index (Phi) is 9.65. The highest BCUT2D eigenvalue weighted by molar-refractivity contribution is 14.1. The Morgan fingerprint density at radius 3 is 2.44 bits per heavy atom. The maximum Gasteiger partial charge on any atom is 0.271 e. The molecule has 0 spiro atoms. The molecule has 0 N–H and O–H groups in total. The number of rotatable bonds is 10. The molecule has 0 amide bonds. The van der Waals surface area contributed by atoms with E-state index in [0.29, 0.717) is 12.4 Å². The summed E-state index contributed by atoms with van der Waals surface area (Å²) in [6, 6.07) is 3.06. The van der Waals surface area contributed by atoms with Crippen molar-refractivity contribution in [1.29, 1.82) is 0 Å². The van der Waals surface area contributed by atoms with E-state index >= 15 is 0 Å². The summed E-state index contributed by atoms with van der Waals surface area (Å²) in [5.74, 6) is 0.702. The van der Waals surface area contributed by atoms with E-state index in [2.05, 4.69) is 72.0 Å². The van der Waals surface area contributed by atoms with E-state index in [0.717, 1.165) is 33.0 Å². The van der Waals surface area contributed by atoms with Gasteiger partial charge in [0.25, 0.3) is 5.69 Å². The van der Waals surface area contributed by atoms with Gasteiger partial charge in [-0.15, -0.1) is 0 Å². The number of halogens is 2. The Hall–Kier alpha value is -0.420. The maximum absolute atomic E-state index is 10.9. The van der Waals surface area contributed by atoms with Crippen molar-refractivity contribution in [3.63, 3.8) is 0 Å². The second-order valence-electron chi connectivity index (χ2n) is 6.40. The average Bonchev–Trinajstić information content (AvgIpc) is 2.49. The molecule has 0 atom stereocenters. The molecule has 1 aromatic carbocycles. The summed E-state index contributed by atoms with van der Waals surface area (Å²) in [4.78, 5) is 10.5. The minimum Gasteiger partial charge on any atom is -0.487 e. The topological polar surface area (TPSA) is 61.6 Å². The lowest BCUT2D eigenvalue weighted by atomic mass is 9.99. The van der Waals surface area contributed by atoms with Crippen molar-refractivity contribution in [2.24, 2.45) is 0 Å². The fourth-order valence-electron chi connectivity index (χ4n) is 2.41. The van der Waals surface area contributed by atoms with Gasteiger partial charge in [-0.3, -0.25) is 10.1 Å². The highest BCUT2D eigenvalue weighted by atomic mass is 127. The van der Waals surface area contributed by atoms with E-state index in [4.69, 9.17) is 9.47 Å². The first-order valence-electron chi connectivity index (χ1n) is 8.22. The monoisotopic (exact) mass is 573 g/mol. The van der Waals surface area contributed by atoms with Gasteiger partial charge in [0.1, 0.15) is 12.4 Å². The highest BCUT2D eigenvalue weighted by Gasteiger charge is 2.17. The number of nitrogens with zero attached hydrogens (tertiary/aromatic N) is 1. The minimum absolute atomic E-state index is 0.0729. The zero-order valence-corrected chi connectivity index (χ0v) is 19.4. The fraction of sp³-hybridized carbons (Fsp3) is 0.556. The quantitative estimate of drug-likeness (QED) is 0.147. The molecule has 0 heterocycles. The Morgan fingerprint density at radius 2 is 1.92 bits per heavy atom. The van der Waals surface area contributed by atoms with Gasteiger partial charge in [-0.2, -0.15) is 0 Å². The normalized spacial score (nSPS) is 12.3. The van der Waals surface area contributed by atoms with E-state index in [1.165, 1.54) is 17.7 Å². The average molecular weight is 573 g/mol. The van der Waals surface area contributed by atoms with Crippen LogP contribution < -0.4 is 4.74 Å². The first kappa shape index (κ1) is 22.6. The van der Waals surface area contributed by atoms with Gasteiger partial charge in [0.15, 0.2) is 0 Å². The number of allylic oxidation sites excluding steroid dienone is 1. The lowest BCUT2D eigenvalue weighted by Crippen LogP contribution is -2.24. The van der Waals surface area contributed by atoms with E-state index in [1.807, 2.05) is 6.92 Å². The van der Waals surface area contributed by atoms with Crippen LogP contribution in [-0.4, -0.2) is 23.7 Å². The van der Waals surface area contributed by atoms with Gasteiger partial charge < -0.3 is 9.47 Å².